The number of aliphatic hydroxyl groups is 1. The Balaban J connectivity index is 0.906. The Labute approximate surface area is 383 Å². The summed E-state index contributed by atoms with van der Waals surface area (Å²) in [4.78, 5) is 24.8. The molecule has 1 unspecified atom stereocenters. The molecule has 0 amide bonds. The van der Waals surface area contributed by atoms with Crippen molar-refractivity contribution in [3.8, 4) is 11.5 Å². The van der Waals surface area contributed by atoms with Crippen LogP contribution in [0.3, 0.4) is 0 Å². The van der Waals surface area contributed by atoms with Crippen LogP contribution in [0.1, 0.15) is 227 Å². The van der Waals surface area contributed by atoms with Crippen molar-refractivity contribution in [3.63, 3.8) is 0 Å². The highest BCUT2D eigenvalue weighted by Crippen LogP contribution is 2.38. The molecule has 9 nitrogen and oxygen atoms in total. The fourth-order valence-corrected chi connectivity index (χ4v) is 9.52. The number of hydrogen-bond acceptors (Lipinski definition) is 9. The van der Waals surface area contributed by atoms with Crippen LogP contribution in [0.15, 0.2) is 29.7 Å². The Morgan fingerprint density at radius 2 is 1.30 bits per heavy atom. The molecule has 1 aromatic carbocycles. The summed E-state index contributed by atoms with van der Waals surface area (Å²) in [6.07, 6.45) is 31.8. The van der Waals surface area contributed by atoms with Crippen LogP contribution in [0.2, 0.25) is 0 Å². The van der Waals surface area contributed by atoms with Crippen molar-refractivity contribution < 1.29 is 43.1 Å². The number of rotatable bonds is 34. The first-order chi connectivity index (χ1) is 30.2. The van der Waals surface area contributed by atoms with Crippen LogP contribution in [0.5, 0.6) is 11.5 Å². The first-order valence-electron chi connectivity index (χ1n) is 25.8. The van der Waals surface area contributed by atoms with Gasteiger partial charge in [-0.05, 0) is 101 Å². The van der Waals surface area contributed by atoms with E-state index in [0.717, 1.165) is 80.4 Å². The number of benzene rings is 1. The monoisotopic (exact) mass is 883 g/mol. The van der Waals surface area contributed by atoms with Crippen LogP contribution < -0.4 is 9.47 Å². The molecule has 3 aliphatic heterocycles. The third-order valence-electron chi connectivity index (χ3n) is 13.6. The van der Waals surface area contributed by atoms with Crippen LogP contribution in [-0.2, 0) is 35.0 Å². The molecule has 63 heavy (non-hydrogen) atoms. The predicted molar refractivity (Wildman–Crippen MR) is 253 cm³/mol. The zero-order valence-electron chi connectivity index (χ0n) is 41.0. The lowest BCUT2D eigenvalue weighted by Gasteiger charge is -2.36. The molecule has 1 N–H and O–H groups in total. The van der Waals surface area contributed by atoms with Gasteiger partial charge in [0.2, 0.25) is 5.76 Å². The van der Waals surface area contributed by atoms with Gasteiger partial charge in [0.15, 0.2) is 17.7 Å². The van der Waals surface area contributed by atoms with Gasteiger partial charge in [-0.1, -0.05) is 163 Å². The number of cyclic esters (lactones) is 1. The molecule has 9 heteroatoms. The van der Waals surface area contributed by atoms with E-state index in [1.165, 1.54) is 122 Å². The second kappa shape index (κ2) is 28.3. The SMILES string of the molecule is CC(C)CCC[C@@H](C)CCC[C@@H](C)CCC[C@]1(C)CCc2cc(OC(=O)CCCCCCCCCCCCCCCCCCOC3=C(O)[C@@H](C4COC(C)(C)O4)OC3=O)ccc2O1. The van der Waals surface area contributed by atoms with Gasteiger partial charge in [0.05, 0.1) is 13.2 Å². The van der Waals surface area contributed by atoms with Crippen molar-refractivity contribution in [2.45, 2.75) is 252 Å². The second-order valence-electron chi connectivity index (χ2n) is 20.8. The number of carbonyl (C=O) groups is 2. The van der Waals surface area contributed by atoms with Crippen molar-refractivity contribution in [3.05, 3.63) is 35.3 Å². The summed E-state index contributed by atoms with van der Waals surface area (Å²) in [7, 11) is 0. The number of fused-ring (bicyclic) bond motifs is 1. The summed E-state index contributed by atoms with van der Waals surface area (Å²) in [6.45, 7) is 16.0. The molecule has 0 aromatic heterocycles. The lowest BCUT2D eigenvalue weighted by atomic mass is 9.86. The Morgan fingerprint density at radius 1 is 0.746 bits per heavy atom. The molecular weight excluding hydrogens is 793 g/mol. The van der Waals surface area contributed by atoms with Crippen LogP contribution in [-0.4, -0.2) is 53.9 Å². The Bertz CT molecular complexity index is 1500. The number of ether oxygens (including phenoxy) is 6. The van der Waals surface area contributed by atoms with E-state index >= 15 is 0 Å². The fraction of sp³-hybridized carbons (Fsp3) is 0.815. The van der Waals surface area contributed by atoms with Gasteiger partial charge in [0.25, 0.3) is 0 Å². The maximum atomic E-state index is 12.6. The second-order valence-corrected chi connectivity index (χ2v) is 20.8. The predicted octanol–water partition coefficient (Wildman–Crippen LogP) is 14.6. The third kappa shape index (κ3) is 20.5. The normalized spacial score (nSPS) is 21.6. The van der Waals surface area contributed by atoms with Crippen LogP contribution in [0.25, 0.3) is 0 Å². The summed E-state index contributed by atoms with van der Waals surface area (Å²) >= 11 is 0. The number of unbranched alkanes of at least 4 members (excludes halogenated alkanes) is 15. The topological polar surface area (TPSA) is 110 Å². The zero-order valence-corrected chi connectivity index (χ0v) is 41.0. The molecule has 5 atom stereocenters. The number of aliphatic hydroxyl groups excluding tert-OH is 1. The van der Waals surface area contributed by atoms with Crippen LogP contribution >= 0.6 is 0 Å². The molecule has 0 saturated carbocycles. The van der Waals surface area contributed by atoms with Gasteiger partial charge in [-0.2, -0.15) is 0 Å². The first-order valence-corrected chi connectivity index (χ1v) is 25.8. The van der Waals surface area contributed by atoms with Gasteiger partial charge in [0, 0.05) is 6.42 Å². The minimum absolute atomic E-state index is 0.0907. The maximum Gasteiger partial charge on any atom is 0.378 e. The highest BCUT2D eigenvalue weighted by molar-refractivity contribution is 5.89. The Hall–Kier alpha value is -2.78. The molecule has 360 valence electrons. The summed E-state index contributed by atoms with van der Waals surface area (Å²) in [5.74, 6) is 2.25. The van der Waals surface area contributed by atoms with E-state index in [1.807, 2.05) is 18.2 Å². The standard InChI is InChI=1S/C54H90O9/c1-41(2)27-24-28-42(3)29-25-30-43(4)31-26-36-54(7)37-35-44-39-45(33-34-46(44)63-54)60-48(55)32-22-20-18-16-14-12-10-8-9-11-13-15-17-19-21-23-38-58-51-49(56)50(61-52(51)57)47-40-59-53(5,6)62-47/h33-34,39,41-43,47,50,56H,8-32,35-38,40H2,1-7H3/t42-,43-,47?,50-,54-/m1/s1. The van der Waals surface area contributed by atoms with E-state index in [0.29, 0.717) is 18.8 Å². The number of carbonyl (C=O) groups excluding carboxylic acids is 2. The molecule has 1 saturated heterocycles. The van der Waals surface area contributed by atoms with E-state index < -0.39 is 24.0 Å². The minimum Gasteiger partial charge on any atom is -0.505 e. The summed E-state index contributed by atoms with van der Waals surface area (Å²) in [5.41, 5.74) is 1.04. The number of esters is 2. The van der Waals surface area contributed by atoms with Crippen LogP contribution in [0.4, 0.5) is 0 Å². The van der Waals surface area contributed by atoms with E-state index in [1.54, 1.807) is 13.8 Å². The largest absolute Gasteiger partial charge is 0.505 e. The Kier molecular flexibility index (Phi) is 23.7. The van der Waals surface area contributed by atoms with E-state index in [4.69, 9.17) is 28.4 Å². The van der Waals surface area contributed by atoms with Crippen molar-refractivity contribution in [2.75, 3.05) is 13.2 Å². The van der Waals surface area contributed by atoms with Gasteiger partial charge >= 0.3 is 11.9 Å². The first kappa shape index (κ1) is 52.8. The van der Waals surface area contributed by atoms with Gasteiger partial charge < -0.3 is 33.5 Å². The van der Waals surface area contributed by atoms with E-state index in [2.05, 4.69) is 34.6 Å². The lowest BCUT2D eigenvalue weighted by Crippen LogP contribution is -2.36. The lowest BCUT2D eigenvalue weighted by molar-refractivity contribution is -0.163. The molecule has 1 fully saturated rings. The highest BCUT2D eigenvalue weighted by atomic mass is 16.8. The summed E-state index contributed by atoms with van der Waals surface area (Å²) in [5, 5.41) is 10.5. The molecule has 4 rings (SSSR count). The fourth-order valence-electron chi connectivity index (χ4n) is 9.52. The van der Waals surface area contributed by atoms with Crippen molar-refractivity contribution in [2.24, 2.45) is 17.8 Å². The third-order valence-corrected chi connectivity index (χ3v) is 13.6. The molecule has 0 radical (unpaired) electrons. The van der Waals surface area contributed by atoms with E-state index in [9.17, 15) is 14.7 Å². The summed E-state index contributed by atoms with van der Waals surface area (Å²) in [6, 6.07) is 5.93. The van der Waals surface area contributed by atoms with Gasteiger partial charge in [-0.15, -0.1) is 0 Å². The molecule has 0 aliphatic carbocycles. The average Bonchev–Trinajstić information content (AvgIpc) is 3.74. The van der Waals surface area contributed by atoms with Crippen molar-refractivity contribution >= 4 is 11.9 Å². The molecule has 3 heterocycles. The summed E-state index contributed by atoms with van der Waals surface area (Å²) < 4.78 is 34.5. The smallest absolute Gasteiger partial charge is 0.378 e. The van der Waals surface area contributed by atoms with Crippen LogP contribution in [0, 0.1) is 17.8 Å². The Morgan fingerprint density at radius 3 is 1.87 bits per heavy atom. The maximum absolute atomic E-state index is 12.6. The van der Waals surface area contributed by atoms with E-state index in [-0.39, 0.29) is 29.7 Å². The minimum atomic E-state index is -0.871. The average molecular weight is 883 g/mol. The molecule has 1 aromatic rings. The van der Waals surface area contributed by atoms with Gasteiger partial charge in [-0.3, -0.25) is 4.79 Å². The molecular formula is C54H90O9. The molecule has 0 bridgehead atoms. The highest BCUT2D eigenvalue weighted by Gasteiger charge is 2.47. The van der Waals surface area contributed by atoms with Gasteiger partial charge in [-0.25, -0.2) is 4.79 Å². The quantitative estimate of drug-likeness (QED) is 0.0411. The molecule has 3 aliphatic rings. The number of aryl methyl sites for hydroxylation is 1. The van der Waals surface area contributed by atoms with Crippen molar-refractivity contribution in [1.82, 2.24) is 0 Å². The van der Waals surface area contributed by atoms with Gasteiger partial charge in [0.1, 0.15) is 23.2 Å². The molecule has 0 spiro atoms. The zero-order chi connectivity index (χ0) is 45.5. The van der Waals surface area contributed by atoms with Crippen molar-refractivity contribution in [1.29, 1.82) is 0 Å². The number of hydrogen-bond donors (Lipinski definition) is 1.